The number of amides is 3. The molecule has 1 heterocycles. The number of likely N-dealkylation sites (tertiary alicyclic amines) is 1. The van der Waals surface area contributed by atoms with E-state index in [9.17, 15) is 19.7 Å². The van der Waals surface area contributed by atoms with Crippen LogP contribution in [0.5, 0.6) is 0 Å². The van der Waals surface area contributed by atoms with Gasteiger partial charge in [-0.1, -0.05) is 11.6 Å². The molecule has 8 nitrogen and oxygen atoms in total. The van der Waals surface area contributed by atoms with Gasteiger partial charge in [0.25, 0.3) is 5.69 Å². The number of nitro benzene ring substituents is 1. The number of carbonyl (C=O) groups is 2. The predicted octanol–water partition coefficient (Wildman–Crippen LogP) is 2.38. The van der Waals surface area contributed by atoms with Gasteiger partial charge in [-0.05, 0) is 19.9 Å². The number of urea groups is 1. The van der Waals surface area contributed by atoms with E-state index in [4.69, 9.17) is 11.6 Å². The first-order valence-electron chi connectivity index (χ1n) is 7.09. The topological polar surface area (TPSA) is 105 Å². The van der Waals surface area contributed by atoms with Gasteiger partial charge in [-0.3, -0.25) is 14.9 Å². The molecule has 1 unspecified atom stereocenters. The summed E-state index contributed by atoms with van der Waals surface area (Å²) in [6, 6.07) is 2.99. The number of hydrogen-bond acceptors (Lipinski definition) is 4. The molecular weight excluding hydrogens is 324 g/mol. The minimum absolute atomic E-state index is 0.0151. The minimum Gasteiger partial charge on any atom is -0.338 e. The summed E-state index contributed by atoms with van der Waals surface area (Å²) < 4.78 is 0. The third-order valence-corrected chi connectivity index (χ3v) is 3.86. The molecule has 3 amide bonds. The molecule has 124 valence electrons. The summed E-state index contributed by atoms with van der Waals surface area (Å²) in [5.74, 6) is -0.0151. The van der Waals surface area contributed by atoms with Gasteiger partial charge in [-0.2, -0.15) is 0 Å². The summed E-state index contributed by atoms with van der Waals surface area (Å²) in [4.78, 5) is 35.7. The van der Waals surface area contributed by atoms with E-state index >= 15 is 0 Å². The average molecular weight is 341 g/mol. The zero-order chi connectivity index (χ0) is 17.1. The smallest absolute Gasteiger partial charge is 0.319 e. The Hall–Kier alpha value is -2.35. The monoisotopic (exact) mass is 340 g/mol. The summed E-state index contributed by atoms with van der Waals surface area (Å²) in [6.07, 6.45) is 0.230. The Morgan fingerprint density at radius 2 is 2.17 bits per heavy atom. The second kappa shape index (κ2) is 6.82. The van der Waals surface area contributed by atoms with Crippen LogP contribution < -0.4 is 10.6 Å². The second-order valence-electron chi connectivity index (χ2n) is 5.56. The maximum Gasteiger partial charge on any atom is 0.319 e. The van der Waals surface area contributed by atoms with Crippen molar-refractivity contribution >= 4 is 34.9 Å². The number of carbonyl (C=O) groups excluding carboxylic acids is 2. The second-order valence-corrected chi connectivity index (χ2v) is 5.97. The SMILES string of the molecule is CC(C)N1CC(NC(=O)Nc2cc([N+](=O)[O-])ccc2Cl)CC1=O. The number of benzene rings is 1. The van der Waals surface area contributed by atoms with Gasteiger partial charge in [0.05, 0.1) is 21.7 Å². The first kappa shape index (κ1) is 17.0. The van der Waals surface area contributed by atoms with Crippen LogP contribution in [0.2, 0.25) is 5.02 Å². The fourth-order valence-corrected chi connectivity index (χ4v) is 2.56. The summed E-state index contributed by atoms with van der Waals surface area (Å²) >= 11 is 5.92. The number of halogens is 1. The zero-order valence-corrected chi connectivity index (χ0v) is 13.5. The van der Waals surface area contributed by atoms with Gasteiger partial charge in [-0.25, -0.2) is 4.79 Å². The first-order chi connectivity index (χ1) is 10.8. The predicted molar refractivity (Wildman–Crippen MR) is 85.5 cm³/mol. The molecule has 1 aliphatic rings. The minimum atomic E-state index is -0.574. The maximum absolute atomic E-state index is 12.0. The normalized spacial score (nSPS) is 17.5. The van der Waals surface area contributed by atoms with E-state index in [1.165, 1.54) is 18.2 Å². The number of nitrogens with zero attached hydrogens (tertiary/aromatic N) is 2. The van der Waals surface area contributed by atoms with Crippen LogP contribution in [0.1, 0.15) is 20.3 Å². The lowest BCUT2D eigenvalue weighted by Crippen LogP contribution is -2.40. The van der Waals surface area contributed by atoms with Crippen molar-refractivity contribution in [3.8, 4) is 0 Å². The molecule has 0 saturated carbocycles. The molecular formula is C14H17ClN4O4. The number of nitrogens with one attached hydrogen (secondary N) is 2. The van der Waals surface area contributed by atoms with E-state index in [2.05, 4.69) is 10.6 Å². The fourth-order valence-electron chi connectivity index (χ4n) is 2.39. The van der Waals surface area contributed by atoms with E-state index in [0.717, 1.165) is 0 Å². The molecule has 0 aromatic heterocycles. The van der Waals surface area contributed by atoms with Crippen LogP contribution in [0.3, 0.4) is 0 Å². The first-order valence-corrected chi connectivity index (χ1v) is 7.46. The Bertz CT molecular complexity index is 650. The molecule has 1 aromatic rings. The van der Waals surface area contributed by atoms with Gasteiger partial charge in [0.2, 0.25) is 5.91 Å². The number of non-ortho nitro benzene ring substituents is 1. The Morgan fingerprint density at radius 1 is 1.48 bits per heavy atom. The Kier molecular flexibility index (Phi) is 5.05. The van der Waals surface area contributed by atoms with Gasteiger partial charge >= 0.3 is 6.03 Å². The third kappa shape index (κ3) is 4.10. The van der Waals surface area contributed by atoms with Crippen LogP contribution in [0.15, 0.2) is 18.2 Å². The van der Waals surface area contributed by atoms with Crippen LogP contribution in [0.4, 0.5) is 16.2 Å². The molecule has 1 aliphatic heterocycles. The molecule has 0 spiro atoms. The van der Waals surface area contributed by atoms with E-state index in [-0.39, 0.29) is 40.8 Å². The van der Waals surface area contributed by atoms with Gasteiger partial charge in [0.1, 0.15) is 0 Å². The molecule has 2 rings (SSSR count). The van der Waals surface area contributed by atoms with E-state index < -0.39 is 11.0 Å². The highest BCUT2D eigenvalue weighted by molar-refractivity contribution is 6.33. The lowest BCUT2D eigenvalue weighted by atomic mass is 10.2. The average Bonchev–Trinajstić information content (AvgIpc) is 2.81. The van der Waals surface area contributed by atoms with Crippen molar-refractivity contribution in [1.82, 2.24) is 10.2 Å². The summed E-state index contributed by atoms with van der Waals surface area (Å²) in [7, 11) is 0. The van der Waals surface area contributed by atoms with Crippen LogP contribution in [-0.4, -0.2) is 40.4 Å². The lowest BCUT2D eigenvalue weighted by molar-refractivity contribution is -0.384. The molecule has 0 radical (unpaired) electrons. The van der Waals surface area contributed by atoms with Crippen molar-refractivity contribution < 1.29 is 14.5 Å². The van der Waals surface area contributed by atoms with Crippen molar-refractivity contribution in [2.24, 2.45) is 0 Å². The number of anilines is 1. The summed E-state index contributed by atoms with van der Waals surface area (Å²) in [6.45, 7) is 4.25. The molecule has 1 aromatic carbocycles. The molecule has 9 heteroatoms. The summed E-state index contributed by atoms with van der Waals surface area (Å²) in [5.41, 5.74) is -0.0323. The van der Waals surface area contributed by atoms with Gasteiger partial charge < -0.3 is 15.5 Å². The van der Waals surface area contributed by atoms with Crippen molar-refractivity contribution in [3.63, 3.8) is 0 Å². The largest absolute Gasteiger partial charge is 0.338 e. The maximum atomic E-state index is 12.0. The molecule has 23 heavy (non-hydrogen) atoms. The highest BCUT2D eigenvalue weighted by Gasteiger charge is 2.32. The number of hydrogen-bond donors (Lipinski definition) is 2. The highest BCUT2D eigenvalue weighted by Crippen LogP contribution is 2.26. The molecule has 1 fully saturated rings. The zero-order valence-electron chi connectivity index (χ0n) is 12.7. The van der Waals surface area contributed by atoms with Crippen molar-refractivity contribution in [1.29, 1.82) is 0 Å². The van der Waals surface area contributed by atoms with Gasteiger partial charge in [-0.15, -0.1) is 0 Å². The van der Waals surface area contributed by atoms with E-state index in [1.807, 2.05) is 13.8 Å². The number of rotatable bonds is 4. The van der Waals surface area contributed by atoms with E-state index in [1.54, 1.807) is 4.90 Å². The molecule has 0 aliphatic carbocycles. The molecule has 1 saturated heterocycles. The van der Waals surface area contributed by atoms with Gasteiger partial charge in [0.15, 0.2) is 0 Å². The van der Waals surface area contributed by atoms with Crippen molar-refractivity contribution in [3.05, 3.63) is 33.3 Å². The summed E-state index contributed by atoms with van der Waals surface area (Å²) in [5, 5.41) is 16.1. The van der Waals surface area contributed by atoms with Gasteiger partial charge in [0, 0.05) is 31.1 Å². The highest BCUT2D eigenvalue weighted by atomic mass is 35.5. The van der Waals surface area contributed by atoms with Crippen molar-refractivity contribution in [2.45, 2.75) is 32.4 Å². The Labute approximate surface area is 137 Å². The van der Waals surface area contributed by atoms with Crippen LogP contribution in [-0.2, 0) is 4.79 Å². The fraction of sp³-hybridized carbons (Fsp3) is 0.429. The van der Waals surface area contributed by atoms with Crippen molar-refractivity contribution in [2.75, 3.05) is 11.9 Å². The third-order valence-electron chi connectivity index (χ3n) is 3.53. The number of nitro groups is 1. The van der Waals surface area contributed by atoms with Crippen LogP contribution in [0.25, 0.3) is 0 Å². The Morgan fingerprint density at radius 3 is 2.74 bits per heavy atom. The lowest BCUT2D eigenvalue weighted by Gasteiger charge is -2.21. The van der Waals surface area contributed by atoms with Crippen LogP contribution in [0, 0.1) is 10.1 Å². The molecule has 1 atom stereocenters. The van der Waals surface area contributed by atoms with Crippen LogP contribution >= 0.6 is 11.6 Å². The standard InChI is InChI=1S/C14H17ClN4O4/c1-8(2)18-7-9(5-13(18)20)16-14(21)17-12-6-10(19(22)23)3-4-11(12)15/h3-4,6,8-9H,5,7H2,1-2H3,(H2,16,17,21). The van der Waals surface area contributed by atoms with E-state index in [0.29, 0.717) is 6.54 Å². The molecule has 0 bridgehead atoms. The molecule has 2 N–H and O–H groups in total. The Balaban J connectivity index is 1.99. The quantitative estimate of drug-likeness (QED) is 0.648.